The minimum atomic E-state index is -0.406. The molecule has 4 nitrogen and oxygen atoms in total. The molecule has 17 heavy (non-hydrogen) atoms. The third-order valence-corrected chi connectivity index (χ3v) is 3.04. The van der Waals surface area contributed by atoms with E-state index in [4.69, 9.17) is 0 Å². The highest BCUT2D eigenvalue weighted by atomic mass is 16.2. The zero-order chi connectivity index (χ0) is 12.4. The lowest BCUT2D eigenvalue weighted by Gasteiger charge is -2.18. The van der Waals surface area contributed by atoms with Crippen molar-refractivity contribution in [3.63, 3.8) is 0 Å². The molecule has 4 heteroatoms. The van der Waals surface area contributed by atoms with Crippen molar-refractivity contribution in [1.29, 1.82) is 0 Å². The highest BCUT2D eigenvalue weighted by Gasteiger charge is 2.36. The van der Waals surface area contributed by atoms with Gasteiger partial charge in [-0.2, -0.15) is 0 Å². The van der Waals surface area contributed by atoms with Gasteiger partial charge in [0.15, 0.2) is 0 Å². The molecule has 0 atom stereocenters. The molecule has 1 aromatic rings. The number of carbonyl (C=O) groups excluding carboxylic acids is 2. The minimum Gasteiger partial charge on any atom is -0.318 e. The first-order valence-electron chi connectivity index (χ1n) is 5.83. The Morgan fingerprint density at radius 2 is 2.06 bits per heavy atom. The molecule has 1 heterocycles. The standard InChI is InChI=1S/C13H16N2O2/c1-3-9-5-4-6-10-11(9)15(8-7-14-2)13(17)12(10)16/h4-6,14H,3,7-8H2,1-2H3. The Morgan fingerprint density at radius 3 is 2.71 bits per heavy atom. The molecule has 90 valence electrons. The molecular weight excluding hydrogens is 216 g/mol. The van der Waals surface area contributed by atoms with Gasteiger partial charge in [-0.1, -0.05) is 19.1 Å². The first kappa shape index (κ1) is 11.8. The van der Waals surface area contributed by atoms with Crippen LogP contribution in [0.2, 0.25) is 0 Å². The zero-order valence-electron chi connectivity index (χ0n) is 10.1. The smallest absolute Gasteiger partial charge is 0.299 e. The normalized spacial score (nSPS) is 14.4. The van der Waals surface area contributed by atoms with E-state index in [9.17, 15) is 9.59 Å². The quantitative estimate of drug-likeness (QED) is 0.788. The minimum absolute atomic E-state index is 0.383. The number of amides is 1. The Kier molecular flexibility index (Phi) is 3.24. The first-order chi connectivity index (χ1) is 8.20. The number of rotatable bonds is 4. The Balaban J connectivity index is 2.45. The van der Waals surface area contributed by atoms with Gasteiger partial charge in [0.2, 0.25) is 0 Å². The SMILES string of the molecule is CCc1cccc2c1N(CCNC)C(=O)C2=O. The topological polar surface area (TPSA) is 49.4 Å². The predicted octanol–water partition coefficient (Wildman–Crippen LogP) is 0.998. The van der Waals surface area contributed by atoms with Crippen LogP contribution >= 0.6 is 0 Å². The number of likely N-dealkylation sites (N-methyl/N-ethyl adjacent to an activating group) is 1. The van der Waals surface area contributed by atoms with Gasteiger partial charge >= 0.3 is 0 Å². The second kappa shape index (κ2) is 4.67. The number of nitrogens with one attached hydrogen (secondary N) is 1. The molecule has 1 aromatic carbocycles. The summed E-state index contributed by atoms with van der Waals surface area (Å²) >= 11 is 0. The van der Waals surface area contributed by atoms with Gasteiger partial charge in [0, 0.05) is 13.1 Å². The van der Waals surface area contributed by atoms with E-state index in [1.165, 1.54) is 0 Å². The number of anilines is 1. The van der Waals surface area contributed by atoms with Crippen LogP contribution in [0.25, 0.3) is 0 Å². The third kappa shape index (κ3) is 1.85. The van der Waals surface area contributed by atoms with Crippen LogP contribution < -0.4 is 10.2 Å². The predicted molar refractivity (Wildman–Crippen MR) is 66.4 cm³/mol. The summed E-state index contributed by atoms with van der Waals surface area (Å²) in [5, 5.41) is 2.99. The van der Waals surface area contributed by atoms with Crippen LogP contribution in [0.4, 0.5) is 5.69 Å². The van der Waals surface area contributed by atoms with Crippen LogP contribution in [0.1, 0.15) is 22.8 Å². The number of aryl methyl sites for hydroxylation is 1. The molecule has 1 N–H and O–H groups in total. The average Bonchev–Trinajstić information content (AvgIpc) is 2.60. The number of hydrogen-bond acceptors (Lipinski definition) is 3. The van der Waals surface area contributed by atoms with Gasteiger partial charge in [0.1, 0.15) is 0 Å². The van der Waals surface area contributed by atoms with Crippen LogP contribution in [0.5, 0.6) is 0 Å². The van der Waals surface area contributed by atoms with E-state index in [1.54, 1.807) is 11.0 Å². The lowest BCUT2D eigenvalue weighted by atomic mass is 10.0. The Morgan fingerprint density at radius 1 is 1.29 bits per heavy atom. The van der Waals surface area contributed by atoms with E-state index in [0.29, 0.717) is 18.7 Å². The van der Waals surface area contributed by atoms with Gasteiger partial charge in [0.05, 0.1) is 11.3 Å². The van der Waals surface area contributed by atoms with E-state index in [1.807, 2.05) is 26.1 Å². The maximum atomic E-state index is 11.9. The van der Waals surface area contributed by atoms with Crippen molar-refractivity contribution in [3.05, 3.63) is 29.3 Å². The maximum Gasteiger partial charge on any atom is 0.299 e. The molecule has 0 bridgehead atoms. The zero-order valence-corrected chi connectivity index (χ0v) is 10.1. The Bertz CT molecular complexity index is 468. The summed E-state index contributed by atoms with van der Waals surface area (Å²) in [5.41, 5.74) is 2.41. The molecule has 0 saturated carbocycles. The van der Waals surface area contributed by atoms with Gasteiger partial charge in [-0.05, 0) is 25.1 Å². The molecule has 0 radical (unpaired) electrons. The molecule has 0 aromatic heterocycles. The van der Waals surface area contributed by atoms with Crippen molar-refractivity contribution >= 4 is 17.4 Å². The first-order valence-corrected chi connectivity index (χ1v) is 5.83. The number of benzene rings is 1. The van der Waals surface area contributed by atoms with Crippen LogP contribution in [0.15, 0.2) is 18.2 Å². The number of ketones is 1. The van der Waals surface area contributed by atoms with Crippen molar-refractivity contribution in [1.82, 2.24) is 5.32 Å². The van der Waals surface area contributed by atoms with Crippen molar-refractivity contribution in [2.75, 3.05) is 25.0 Å². The molecule has 0 unspecified atom stereocenters. The third-order valence-electron chi connectivity index (χ3n) is 3.04. The van der Waals surface area contributed by atoms with E-state index < -0.39 is 5.91 Å². The number of fused-ring (bicyclic) bond motifs is 1. The van der Waals surface area contributed by atoms with Gasteiger partial charge in [-0.15, -0.1) is 0 Å². The van der Waals surface area contributed by atoms with Gasteiger partial charge in [-0.3, -0.25) is 9.59 Å². The molecule has 0 fully saturated rings. The van der Waals surface area contributed by atoms with Crippen molar-refractivity contribution in [2.24, 2.45) is 0 Å². The van der Waals surface area contributed by atoms with E-state index in [0.717, 1.165) is 17.7 Å². The fourth-order valence-corrected chi connectivity index (χ4v) is 2.15. The lowest BCUT2D eigenvalue weighted by molar-refractivity contribution is -0.114. The average molecular weight is 232 g/mol. The second-order valence-electron chi connectivity index (χ2n) is 4.06. The molecule has 0 saturated heterocycles. The summed E-state index contributed by atoms with van der Waals surface area (Å²) in [6, 6.07) is 5.54. The highest BCUT2D eigenvalue weighted by Crippen LogP contribution is 2.32. The Hall–Kier alpha value is -1.68. The van der Waals surface area contributed by atoms with Gasteiger partial charge in [-0.25, -0.2) is 0 Å². The largest absolute Gasteiger partial charge is 0.318 e. The summed E-state index contributed by atoms with van der Waals surface area (Å²) in [6.45, 7) is 3.24. The van der Waals surface area contributed by atoms with Crippen LogP contribution in [0, 0.1) is 0 Å². The Labute approximate surface area is 101 Å². The number of nitrogens with zero attached hydrogens (tertiary/aromatic N) is 1. The summed E-state index contributed by atoms with van der Waals surface area (Å²) in [7, 11) is 1.83. The van der Waals surface area contributed by atoms with Crippen molar-refractivity contribution in [2.45, 2.75) is 13.3 Å². The second-order valence-corrected chi connectivity index (χ2v) is 4.06. The number of hydrogen-bond donors (Lipinski definition) is 1. The molecule has 0 aliphatic carbocycles. The molecule has 1 aliphatic heterocycles. The van der Waals surface area contributed by atoms with Gasteiger partial charge < -0.3 is 10.2 Å². The summed E-state index contributed by atoms with van der Waals surface area (Å²) < 4.78 is 0. The van der Waals surface area contributed by atoms with Crippen molar-refractivity contribution in [3.8, 4) is 0 Å². The molecule has 1 aliphatic rings. The molecule has 2 rings (SSSR count). The van der Waals surface area contributed by atoms with Crippen LogP contribution in [0.3, 0.4) is 0 Å². The molecule has 0 spiro atoms. The van der Waals surface area contributed by atoms with E-state index >= 15 is 0 Å². The fraction of sp³-hybridized carbons (Fsp3) is 0.385. The molecular formula is C13H16N2O2. The number of carbonyl (C=O) groups is 2. The maximum absolute atomic E-state index is 11.9. The monoisotopic (exact) mass is 232 g/mol. The number of para-hydroxylation sites is 1. The van der Waals surface area contributed by atoms with Crippen LogP contribution in [-0.4, -0.2) is 31.8 Å². The summed E-state index contributed by atoms with van der Waals surface area (Å²) in [5.74, 6) is -0.789. The molecule has 1 amide bonds. The summed E-state index contributed by atoms with van der Waals surface area (Å²) in [6.07, 6.45) is 0.819. The van der Waals surface area contributed by atoms with Crippen molar-refractivity contribution < 1.29 is 9.59 Å². The van der Waals surface area contributed by atoms with E-state index in [2.05, 4.69) is 5.32 Å². The van der Waals surface area contributed by atoms with E-state index in [-0.39, 0.29) is 5.78 Å². The number of Topliss-reactive ketones (excluding diaryl/α,β-unsaturated/α-hetero) is 1. The van der Waals surface area contributed by atoms with Gasteiger partial charge in [0.25, 0.3) is 11.7 Å². The summed E-state index contributed by atoms with van der Waals surface area (Å²) in [4.78, 5) is 25.3. The lowest BCUT2D eigenvalue weighted by Crippen LogP contribution is -2.35. The van der Waals surface area contributed by atoms with Crippen LogP contribution in [-0.2, 0) is 11.2 Å². The fourth-order valence-electron chi connectivity index (χ4n) is 2.15. The highest BCUT2D eigenvalue weighted by molar-refractivity contribution is 6.52.